The number of fused-ring (bicyclic) bond motifs is 8. The zero-order valence-electron chi connectivity index (χ0n) is 35.4. The molecule has 4 atom stereocenters. The fourth-order valence-corrected chi connectivity index (χ4v) is 12.1. The highest BCUT2D eigenvalue weighted by atomic mass is 16.3. The van der Waals surface area contributed by atoms with Gasteiger partial charge in [0, 0.05) is 39.7 Å². The lowest BCUT2D eigenvalue weighted by molar-refractivity contribution is 0.610. The largest absolute Gasteiger partial charge is 0.456 e. The van der Waals surface area contributed by atoms with Crippen molar-refractivity contribution in [1.82, 2.24) is 0 Å². The SMILES string of the molecule is C1=CCC2C(=C1)C1(c3ccccc3)c3ccccc3C(c3ccccc3)(c3ccc(N(C4=CCC(c5ccc6oc7ccccc7c6c5)C=C4)c4ccccc4)cc3)c3cccc2c31. The van der Waals surface area contributed by atoms with Crippen molar-refractivity contribution in [2.24, 2.45) is 0 Å². The number of hydrogen-bond acceptors (Lipinski definition) is 2. The highest BCUT2D eigenvalue weighted by Gasteiger charge is 2.59. The standard InChI is InChI=1S/C62H45NO/c1-4-17-44(18-5-1)61(55-27-13-14-28-56(55)62(45-19-6-2-7-20-45)54-26-12-10-23-50(54)52-25-16-29-57(61)60(52)62)46-34-38-49(39-35-46)63(47-21-8-3-9-22-47)48-36-31-42(32-37-48)43-33-40-59-53(41-43)51-24-11-15-30-58(51)64-59/h1-22,24-31,33-42,50H,23,32H2. The molecular weight excluding hydrogens is 775 g/mol. The number of benzene rings is 8. The van der Waals surface area contributed by atoms with Gasteiger partial charge in [0.1, 0.15) is 11.2 Å². The summed E-state index contributed by atoms with van der Waals surface area (Å²) < 4.78 is 6.17. The Morgan fingerprint density at radius 2 is 1.12 bits per heavy atom. The van der Waals surface area contributed by atoms with E-state index in [9.17, 15) is 0 Å². The van der Waals surface area contributed by atoms with Gasteiger partial charge in [0.25, 0.3) is 0 Å². The van der Waals surface area contributed by atoms with Gasteiger partial charge in [0.15, 0.2) is 0 Å². The van der Waals surface area contributed by atoms with Crippen LogP contribution in [0.4, 0.5) is 11.4 Å². The van der Waals surface area contributed by atoms with E-state index in [2.05, 4.69) is 235 Å². The summed E-state index contributed by atoms with van der Waals surface area (Å²) in [5.74, 6) is 0.580. The summed E-state index contributed by atoms with van der Waals surface area (Å²) in [6.07, 6.45) is 16.1. The third-order valence-corrected chi connectivity index (χ3v) is 14.7. The minimum atomic E-state index is -0.572. The van der Waals surface area contributed by atoms with Crippen molar-refractivity contribution in [3.63, 3.8) is 0 Å². The summed E-state index contributed by atoms with van der Waals surface area (Å²) in [6, 6.07) is 74.5. The van der Waals surface area contributed by atoms with Gasteiger partial charge in [-0.15, -0.1) is 0 Å². The first kappa shape index (κ1) is 36.9. The summed E-state index contributed by atoms with van der Waals surface area (Å²) in [6.45, 7) is 0. The van der Waals surface area contributed by atoms with Gasteiger partial charge in [-0.3, -0.25) is 0 Å². The van der Waals surface area contributed by atoms with Crippen LogP contribution < -0.4 is 4.90 Å². The minimum Gasteiger partial charge on any atom is -0.456 e. The Hall–Kier alpha value is -7.68. The average Bonchev–Trinajstić information content (AvgIpc) is 3.90. The third-order valence-electron chi connectivity index (χ3n) is 14.7. The number of anilines is 2. The molecular formula is C62H45NO. The molecule has 0 amide bonds. The van der Waals surface area contributed by atoms with E-state index in [1.165, 1.54) is 72.1 Å². The summed E-state index contributed by atoms with van der Waals surface area (Å²) in [4.78, 5) is 2.41. The predicted molar refractivity (Wildman–Crippen MR) is 263 cm³/mol. The molecule has 4 aliphatic rings. The van der Waals surface area contributed by atoms with Gasteiger partial charge < -0.3 is 9.32 Å². The lowest BCUT2D eigenvalue weighted by Gasteiger charge is -2.50. The quantitative estimate of drug-likeness (QED) is 0.159. The van der Waals surface area contributed by atoms with E-state index in [1.54, 1.807) is 0 Å². The van der Waals surface area contributed by atoms with Crippen LogP contribution in [0.3, 0.4) is 0 Å². The molecule has 0 N–H and O–H groups in total. The van der Waals surface area contributed by atoms with E-state index in [0.717, 1.165) is 35.4 Å². The normalized spacial score (nSPS) is 21.5. The van der Waals surface area contributed by atoms with Gasteiger partial charge in [-0.05, 0) is 117 Å². The van der Waals surface area contributed by atoms with Crippen molar-refractivity contribution in [3.05, 3.63) is 298 Å². The molecule has 0 saturated carbocycles. The van der Waals surface area contributed by atoms with Crippen molar-refractivity contribution in [3.8, 4) is 0 Å². The van der Waals surface area contributed by atoms with Crippen molar-refractivity contribution in [1.29, 1.82) is 0 Å². The van der Waals surface area contributed by atoms with Gasteiger partial charge in [-0.25, -0.2) is 0 Å². The zero-order valence-corrected chi connectivity index (χ0v) is 35.4. The molecule has 0 spiro atoms. The number of nitrogens with zero attached hydrogens (tertiary/aromatic N) is 1. The molecule has 9 aromatic rings. The molecule has 0 fully saturated rings. The van der Waals surface area contributed by atoms with Crippen LogP contribution in [-0.2, 0) is 10.8 Å². The van der Waals surface area contributed by atoms with Crippen LogP contribution >= 0.6 is 0 Å². The van der Waals surface area contributed by atoms with Crippen LogP contribution in [-0.4, -0.2) is 0 Å². The lowest BCUT2D eigenvalue weighted by Crippen LogP contribution is -2.44. The summed E-state index contributed by atoms with van der Waals surface area (Å²) in [7, 11) is 0. The molecule has 0 saturated heterocycles. The second-order valence-electron chi connectivity index (χ2n) is 17.8. The molecule has 0 aliphatic heterocycles. The second kappa shape index (κ2) is 14.4. The Labute approximate surface area is 374 Å². The Morgan fingerprint density at radius 1 is 0.500 bits per heavy atom. The molecule has 4 unspecified atom stereocenters. The van der Waals surface area contributed by atoms with Crippen molar-refractivity contribution >= 4 is 33.3 Å². The zero-order chi connectivity index (χ0) is 42.2. The Bertz CT molecular complexity index is 3390. The molecule has 2 nitrogen and oxygen atoms in total. The van der Waals surface area contributed by atoms with E-state index in [4.69, 9.17) is 4.42 Å². The first-order chi connectivity index (χ1) is 31.7. The molecule has 2 heteroatoms. The Balaban J connectivity index is 0.960. The molecule has 4 aliphatic carbocycles. The average molecular weight is 820 g/mol. The molecule has 8 aromatic carbocycles. The number of allylic oxidation sites excluding steroid dienone is 7. The van der Waals surface area contributed by atoms with Crippen LogP contribution in [0.5, 0.6) is 0 Å². The fourth-order valence-electron chi connectivity index (χ4n) is 12.1. The maximum absolute atomic E-state index is 6.17. The summed E-state index contributed by atoms with van der Waals surface area (Å²) in [5.41, 5.74) is 18.0. The summed E-state index contributed by atoms with van der Waals surface area (Å²) >= 11 is 0. The molecule has 1 aromatic heterocycles. The monoisotopic (exact) mass is 819 g/mol. The van der Waals surface area contributed by atoms with Crippen molar-refractivity contribution in [2.75, 3.05) is 4.90 Å². The minimum absolute atomic E-state index is 0.268. The van der Waals surface area contributed by atoms with Crippen LogP contribution in [0.1, 0.15) is 74.7 Å². The highest BCUT2D eigenvalue weighted by Crippen LogP contribution is 2.67. The lowest BCUT2D eigenvalue weighted by atomic mass is 9.51. The molecule has 1 heterocycles. The number of furan rings is 1. The molecule has 304 valence electrons. The number of para-hydroxylation sites is 2. The smallest absolute Gasteiger partial charge is 0.135 e. The van der Waals surface area contributed by atoms with E-state index >= 15 is 0 Å². The molecule has 0 bridgehead atoms. The van der Waals surface area contributed by atoms with Gasteiger partial charge in [-0.2, -0.15) is 0 Å². The van der Waals surface area contributed by atoms with Crippen molar-refractivity contribution in [2.45, 2.75) is 35.5 Å². The van der Waals surface area contributed by atoms with Gasteiger partial charge in [-0.1, -0.05) is 188 Å². The summed E-state index contributed by atoms with van der Waals surface area (Å²) in [5, 5.41) is 2.34. The molecule has 0 radical (unpaired) electrons. The Morgan fingerprint density at radius 3 is 1.88 bits per heavy atom. The van der Waals surface area contributed by atoms with Crippen LogP contribution in [0, 0.1) is 0 Å². The van der Waals surface area contributed by atoms with Crippen LogP contribution in [0.15, 0.2) is 252 Å². The maximum atomic E-state index is 6.17. The Kier molecular flexibility index (Phi) is 8.33. The van der Waals surface area contributed by atoms with Crippen LogP contribution in [0.25, 0.3) is 21.9 Å². The van der Waals surface area contributed by atoms with E-state index in [1.807, 2.05) is 6.07 Å². The first-order valence-corrected chi connectivity index (χ1v) is 22.7. The molecule has 64 heavy (non-hydrogen) atoms. The topological polar surface area (TPSA) is 16.4 Å². The first-order valence-electron chi connectivity index (χ1n) is 22.7. The van der Waals surface area contributed by atoms with Crippen LogP contribution in [0.2, 0.25) is 0 Å². The van der Waals surface area contributed by atoms with Gasteiger partial charge in [0.05, 0.1) is 10.8 Å². The third kappa shape index (κ3) is 5.20. The molecule has 13 rings (SSSR count). The fraction of sp³-hybridized carbons (Fsp3) is 0.0968. The maximum Gasteiger partial charge on any atom is 0.135 e. The predicted octanol–water partition coefficient (Wildman–Crippen LogP) is 15.4. The van der Waals surface area contributed by atoms with E-state index in [0.29, 0.717) is 5.92 Å². The number of rotatable bonds is 7. The van der Waals surface area contributed by atoms with Gasteiger partial charge >= 0.3 is 0 Å². The van der Waals surface area contributed by atoms with E-state index < -0.39 is 10.8 Å². The van der Waals surface area contributed by atoms with Gasteiger partial charge in [0.2, 0.25) is 0 Å². The van der Waals surface area contributed by atoms with Crippen molar-refractivity contribution < 1.29 is 4.42 Å². The van der Waals surface area contributed by atoms with E-state index in [-0.39, 0.29) is 5.92 Å². The number of hydrogen-bond donors (Lipinski definition) is 0. The second-order valence-corrected chi connectivity index (χ2v) is 17.8. The highest BCUT2D eigenvalue weighted by molar-refractivity contribution is 6.05.